The zero-order chi connectivity index (χ0) is 11.4. The first kappa shape index (κ1) is 11.9. The molecule has 2 atom stereocenters. The summed E-state index contributed by atoms with van der Waals surface area (Å²) in [5.41, 5.74) is 0. The van der Waals surface area contributed by atoms with Crippen LogP contribution in [0.15, 0.2) is 0 Å². The third-order valence-corrected chi connectivity index (χ3v) is 3.38. The van der Waals surface area contributed by atoms with E-state index in [0.717, 1.165) is 38.6 Å². The van der Waals surface area contributed by atoms with E-state index in [2.05, 4.69) is 10.6 Å². The maximum atomic E-state index is 11.8. The molecule has 0 aromatic heterocycles. The number of carbonyl (C=O) groups excluding carboxylic acids is 1. The Morgan fingerprint density at radius 2 is 2.12 bits per heavy atom. The molecule has 1 aliphatic heterocycles. The second-order valence-corrected chi connectivity index (χ2v) is 4.84. The maximum Gasteiger partial charge on any atom is 0.225 e. The SMILES string of the molecule is CC1OCCC1C(=O)NCCCNC1CC1. The van der Waals surface area contributed by atoms with Gasteiger partial charge in [0.25, 0.3) is 0 Å². The van der Waals surface area contributed by atoms with E-state index in [1.165, 1.54) is 12.8 Å². The summed E-state index contributed by atoms with van der Waals surface area (Å²) in [7, 11) is 0. The molecule has 4 heteroatoms. The van der Waals surface area contributed by atoms with Crippen molar-refractivity contribution >= 4 is 5.91 Å². The number of nitrogens with one attached hydrogen (secondary N) is 2. The fraction of sp³-hybridized carbons (Fsp3) is 0.917. The molecule has 2 rings (SSSR count). The van der Waals surface area contributed by atoms with Crippen LogP contribution in [0.4, 0.5) is 0 Å². The first-order valence-electron chi connectivity index (χ1n) is 6.40. The average molecular weight is 226 g/mol. The summed E-state index contributed by atoms with van der Waals surface area (Å²) in [6.45, 7) is 4.50. The van der Waals surface area contributed by atoms with Crippen LogP contribution in [0.3, 0.4) is 0 Å². The molecule has 2 unspecified atom stereocenters. The molecular weight excluding hydrogens is 204 g/mol. The van der Waals surface area contributed by atoms with E-state index in [-0.39, 0.29) is 17.9 Å². The van der Waals surface area contributed by atoms with Gasteiger partial charge in [-0.2, -0.15) is 0 Å². The monoisotopic (exact) mass is 226 g/mol. The Bertz CT molecular complexity index is 241. The molecule has 0 radical (unpaired) electrons. The smallest absolute Gasteiger partial charge is 0.225 e. The van der Waals surface area contributed by atoms with Gasteiger partial charge in [-0.25, -0.2) is 0 Å². The Morgan fingerprint density at radius 3 is 2.75 bits per heavy atom. The van der Waals surface area contributed by atoms with Gasteiger partial charge in [0.05, 0.1) is 12.0 Å². The molecule has 0 bridgehead atoms. The zero-order valence-corrected chi connectivity index (χ0v) is 10.00. The molecule has 1 saturated carbocycles. The van der Waals surface area contributed by atoms with Crippen molar-refractivity contribution in [3.05, 3.63) is 0 Å². The molecule has 1 aliphatic carbocycles. The number of hydrogen-bond donors (Lipinski definition) is 2. The highest BCUT2D eigenvalue weighted by Gasteiger charge is 2.30. The van der Waals surface area contributed by atoms with Crippen molar-refractivity contribution in [1.29, 1.82) is 0 Å². The molecule has 2 aliphatic rings. The van der Waals surface area contributed by atoms with Gasteiger partial charge in [0.2, 0.25) is 5.91 Å². The Hall–Kier alpha value is -0.610. The van der Waals surface area contributed by atoms with E-state index in [1.807, 2.05) is 6.92 Å². The Kier molecular flexibility index (Phi) is 4.18. The highest BCUT2D eigenvalue weighted by Crippen LogP contribution is 2.20. The van der Waals surface area contributed by atoms with Gasteiger partial charge in [-0.05, 0) is 39.2 Å². The predicted molar refractivity (Wildman–Crippen MR) is 62.2 cm³/mol. The standard InChI is InChI=1S/C12H22N2O2/c1-9-11(5-8-16-9)12(15)14-7-2-6-13-10-3-4-10/h9-11,13H,2-8H2,1H3,(H,14,15). The van der Waals surface area contributed by atoms with Crippen molar-refractivity contribution < 1.29 is 9.53 Å². The highest BCUT2D eigenvalue weighted by molar-refractivity contribution is 5.79. The van der Waals surface area contributed by atoms with Gasteiger partial charge in [-0.1, -0.05) is 0 Å². The summed E-state index contributed by atoms with van der Waals surface area (Å²) in [5, 5.41) is 6.42. The lowest BCUT2D eigenvalue weighted by atomic mass is 10.0. The minimum Gasteiger partial charge on any atom is -0.378 e. The third kappa shape index (κ3) is 3.46. The van der Waals surface area contributed by atoms with Gasteiger partial charge < -0.3 is 15.4 Å². The molecule has 2 fully saturated rings. The topological polar surface area (TPSA) is 50.4 Å². The summed E-state index contributed by atoms with van der Waals surface area (Å²) < 4.78 is 5.38. The maximum absolute atomic E-state index is 11.8. The number of amides is 1. The minimum atomic E-state index is 0.0661. The van der Waals surface area contributed by atoms with E-state index < -0.39 is 0 Å². The molecule has 4 nitrogen and oxygen atoms in total. The summed E-state index contributed by atoms with van der Waals surface area (Å²) >= 11 is 0. The number of carbonyl (C=O) groups is 1. The first-order valence-corrected chi connectivity index (χ1v) is 6.40. The van der Waals surface area contributed by atoms with Crippen molar-refractivity contribution in [1.82, 2.24) is 10.6 Å². The van der Waals surface area contributed by atoms with Crippen molar-refractivity contribution in [3.63, 3.8) is 0 Å². The van der Waals surface area contributed by atoms with E-state index in [4.69, 9.17) is 4.74 Å². The van der Waals surface area contributed by atoms with Crippen LogP contribution in [0.2, 0.25) is 0 Å². The lowest BCUT2D eigenvalue weighted by Gasteiger charge is -2.13. The first-order chi connectivity index (χ1) is 7.77. The highest BCUT2D eigenvalue weighted by atomic mass is 16.5. The number of rotatable bonds is 6. The van der Waals surface area contributed by atoms with Crippen LogP contribution in [0, 0.1) is 5.92 Å². The van der Waals surface area contributed by atoms with Gasteiger partial charge >= 0.3 is 0 Å². The summed E-state index contributed by atoms with van der Waals surface area (Å²) in [6, 6.07) is 0.763. The van der Waals surface area contributed by atoms with Crippen LogP contribution in [-0.2, 0) is 9.53 Å². The molecule has 1 heterocycles. The molecule has 1 amide bonds. The molecule has 1 saturated heterocycles. The van der Waals surface area contributed by atoms with Crippen LogP contribution >= 0.6 is 0 Å². The van der Waals surface area contributed by atoms with Crippen LogP contribution < -0.4 is 10.6 Å². The second-order valence-electron chi connectivity index (χ2n) is 4.84. The Labute approximate surface area is 97.1 Å². The van der Waals surface area contributed by atoms with Gasteiger partial charge in [-0.15, -0.1) is 0 Å². The van der Waals surface area contributed by atoms with Gasteiger partial charge in [0.1, 0.15) is 0 Å². The normalized spacial score (nSPS) is 29.3. The Balaban J connectivity index is 1.52. The molecule has 0 spiro atoms. The lowest BCUT2D eigenvalue weighted by molar-refractivity contribution is -0.126. The average Bonchev–Trinajstić information content (AvgIpc) is 2.99. The van der Waals surface area contributed by atoms with E-state index in [0.29, 0.717) is 0 Å². The van der Waals surface area contributed by atoms with Gasteiger partial charge in [0, 0.05) is 19.2 Å². The van der Waals surface area contributed by atoms with E-state index >= 15 is 0 Å². The quantitative estimate of drug-likeness (QED) is 0.655. The second kappa shape index (κ2) is 5.64. The number of ether oxygens (including phenoxy) is 1. The van der Waals surface area contributed by atoms with E-state index in [1.54, 1.807) is 0 Å². The molecule has 92 valence electrons. The van der Waals surface area contributed by atoms with Crippen LogP contribution in [-0.4, -0.2) is 37.7 Å². The Morgan fingerprint density at radius 1 is 1.31 bits per heavy atom. The largest absolute Gasteiger partial charge is 0.378 e. The van der Waals surface area contributed by atoms with Crippen molar-refractivity contribution in [3.8, 4) is 0 Å². The molecular formula is C12H22N2O2. The number of hydrogen-bond acceptors (Lipinski definition) is 3. The predicted octanol–water partition coefficient (Wildman–Crippen LogP) is 0.670. The zero-order valence-electron chi connectivity index (χ0n) is 10.00. The van der Waals surface area contributed by atoms with Crippen molar-refractivity contribution in [2.24, 2.45) is 5.92 Å². The van der Waals surface area contributed by atoms with E-state index in [9.17, 15) is 4.79 Å². The van der Waals surface area contributed by atoms with Crippen molar-refractivity contribution in [2.75, 3.05) is 19.7 Å². The minimum absolute atomic E-state index is 0.0661. The molecule has 0 aromatic rings. The lowest BCUT2D eigenvalue weighted by Crippen LogP contribution is -2.35. The fourth-order valence-electron chi connectivity index (χ4n) is 2.10. The third-order valence-electron chi connectivity index (χ3n) is 3.38. The molecule has 16 heavy (non-hydrogen) atoms. The van der Waals surface area contributed by atoms with Gasteiger partial charge in [0.15, 0.2) is 0 Å². The van der Waals surface area contributed by atoms with Gasteiger partial charge in [-0.3, -0.25) is 4.79 Å². The molecule has 0 aromatic carbocycles. The van der Waals surface area contributed by atoms with Crippen molar-refractivity contribution in [2.45, 2.75) is 44.8 Å². The fourth-order valence-corrected chi connectivity index (χ4v) is 2.10. The summed E-state index contributed by atoms with van der Waals surface area (Å²) in [6.07, 6.45) is 4.62. The summed E-state index contributed by atoms with van der Waals surface area (Å²) in [4.78, 5) is 11.8. The molecule has 2 N–H and O–H groups in total. The summed E-state index contributed by atoms with van der Waals surface area (Å²) in [5.74, 6) is 0.229. The van der Waals surface area contributed by atoms with Crippen LogP contribution in [0.1, 0.15) is 32.6 Å². The van der Waals surface area contributed by atoms with Crippen LogP contribution in [0.5, 0.6) is 0 Å². The van der Waals surface area contributed by atoms with Crippen LogP contribution in [0.25, 0.3) is 0 Å².